The van der Waals surface area contributed by atoms with Gasteiger partial charge in [0.25, 0.3) is 0 Å². The van der Waals surface area contributed by atoms with Crippen LogP contribution in [0.15, 0.2) is 95.9 Å². The number of hydrogen-bond donors (Lipinski definition) is 6. The number of piperidine rings is 1. The molecule has 3 saturated heterocycles. The first-order valence-corrected chi connectivity index (χ1v) is 35.4. The van der Waals surface area contributed by atoms with Gasteiger partial charge in [0.05, 0.1) is 16.5 Å². The quantitative estimate of drug-likeness (QED) is 0.114. The molecule has 1 spiro atoms. The van der Waals surface area contributed by atoms with Gasteiger partial charge in [0.2, 0.25) is 5.91 Å². The van der Waals surface area contributed by atoms with Gasteiger partial charge in [-0.2, -0.15) is 13.2 Å². The third-order valence-corrected chi connectivity index (χ3v) is 21.3. The van der Waals surface area contributed by atoms with Crippen molar-refractivity contribution < 1.29 is 22.4 Å². The largest absolute Gasteiger partial charge is 0.417 e. The van der Waals surface area contributed by atoms with Gasteiger partial charge in [0, 0.05) is 175 Å². The van der Waals surface area contributed by atoms with Gasteiger partial charge >= 0.3 is 6.18 Å². The second kappa shape index (κ2) is 35.3. The molecule has 6 N–H and O–H groups in total. The number of halogens is 5. The van der Waals surface area contributed by atoms with Crippen molar-refractivity contribution in [2.24, 2.45) is 28.7 Å². The number of alkyl halides is 3. The number of carbonyl (C=O) groups excluding carboxylic acids is 1. The van der Waals surface area contributed by atoms with E-state index < -0.39 is 11.7 Å². The lowest BCUT2D eigenvalue weighted by Gasteiger charge is -2.60. The van der Waals surface area contributed by atoms with E-state index in [2.05, 4.69) is 147 Å². The van der Waals surface area contributed by atoms with Crippen molar-refractivity contribution in [2.45, 2.75) is 239 Å². The van der Waals surface area contributed by atoms with Gasteiger partial charge in [0.15, 0.2) is 0 Å². The predicted octanol–water partition coefficient (Wildman–Crippen LogP) is 13.1. The fraction of sp³-hybridized carbons (Fsp3) is 0.699. The summed E-state index contributed by atoms with van der Waals surface area (Å²) in [6.07, 6.45) is 21.8. The second-order valence-corrected chi connectivity index (χ2v) is 28.7. The monoisotopic (exact) mass is 1290 g/mol. The van der Waals surface area contributed by atoms with Gasteiger partial charge in [-0.3, -0.25) is 14.7 Å². The Kier molecular flexibility index (Phi) is 28.7. The number of nitrogens with one attached hydrogen (secondary N) is 6. The molecule has 510 valence electrons. The summed E-state index contributed by atoms with van der Waals surface area (Å²) < 4.78 is 55.3. The Morgan fingerprint density at radius 3 is 2.16 bits per heavy atom. The van der Waals surface area contributed by atoms with Gasteiger partial charge in [-0.25, -0.2) is 4.39 Å². The molecule has 4 aliphatic heterocycles. The van der Waals surface area contributed by atoms with E-state index in [1.807, 2.05) is 42.6 Å². The first-order valence-electron chi connectivity index (χ1n) is 35.1. The van der Waals surface area contributed by atoms with Crippen molar-refractivity contribution in [1.29, 1.82) is 0 Å². The number of nitrogens with zero attached hydrogens (tertiary/aromatic N) is 6. The minimum atomic E-state index is -4.54. The van der Waals surface area contributed by atoms with Crippen molar-refractivity contribution >= 4 is 23.2 Å². The Hall–Kier alpha value is -4.49. The zero-order chi connectivity index (χ0) is 66.0. The topological polar surface area (TPSA) is 118 Å². The highest BCUT2D eigenvalue weighted by atomic mass is 35.5. The molecule has 0 aromatic heterocycles. The molecule has 5 aliphatic rings. The molecule has 1 amide bonds. The standard InChI is InChI=1S/C73H117ClF4N12O/c1-14-51(5)67-45-83-66(42-50(3)4)54(8)82-46-68-69(71(91)88-38-19-16-20-39-88)57(11)90(68)70(52(6)15-2)55(9)85-72(32-17-18-33-72)49-80-36-35-79-34-31-61(29-25-59-26-30-64(65(74)44-59)73(76,77)78)81-37-41-86(12)47-63(43-58-23-27-60(75)28-24-58)87(13)48-62-22-21-40-89(62)56(10)53(7)84-67/h23-24,26-28,30-31,34,37,41,44,47-48,50-57,66-70,79-80,82-85H,14-22,25,29,32-33,35-36,38-40,42-43,45-46,49H2,1-13H3/t51-,52-,53?,54?,55?,56-,57?,66-,67+,68?,69-,70-/m0/s1. The third-order valence-electron chi connectivity index (χ3n) is 21.0. The Morgan fingerprint density at radius 1 is 0.791 bits per heavy atom. The van der Waals surface area contributed by atoms with Crippen LogP contribution in [0.4, 0.5) is 17.6 Å². The van der Waals surface area contributed by atoms with Crippen molar-refractivity contribution in [3.8, 4) is 0 Å². The summed E-state index contributed by atoms with van der Waals surface area (Å²) in [7, 11) is 4.06. The summed E-state index contributed by atoms with van der Waals surface area (Å²) in [4.78, 5) is 31.5. The zero-order valence-electron chi connectivity index (χ0n) is 57.8. The molecule has 2 aromatic carbocycles. The SMILES string of the molecule is CC[C@H](C)[C@H]1C(C)NC2(CCCC2)CNCCNC=CC(CCc2ccc(C(F)(F)F)c(Cl)c2)=NC=CN(C)C=C(Cc2ccc(F)cc2)N(C)C=C2CCCN2[C@@H](C)C(C)N[C@@H]([C@@H](C)CC)CN[C@@H](CC(C)C)C(C)NCC2[C@@H](C(=O)N3CCCCC3)C(C)N21. The summed E-state index contributed by atoms with van der Waals surface area (Å²) in [6.45, 7) is 32.4. The van der Waals surface area contributed by atoms with Crippen LogP contribution in [-0.2, 0) is 23.8 Å². The van der Waals surface area contributed by atoms with Crippen LogP contribution >= 0.6 is 11.6 Å². The van der Waals surface area contributed by atoms with Crippen LogP contribution in [0.2, 0.25) is 5.02 Å². The van der Waals surface area contributed by atoms with E-state index in [0.29, 0.717) is 55.0 Å². The number of benzene rings is 2. The average molecular weight is 1290 g/mol. The summed E-state index contributed by atoms with van der Waals surface area (Å²) >= 11 is 6.19. The van der Waals surface area contributed by atoms with Gasteiger partial charge < -0.3 is 51.5 Å². The minimum absolute atomic E-state index is 0.0639. The third kappa shape index (κ3) is 21.0. The number of aryl methyl sites for hydroxylation is 1. The number of amides is 1. The van der Waals surface area contributed by atoms with Crippen LogP contribution in [0.3, 0.4) is 0 Å². The number of hydrogen-bond acceptors (Lipinski definition) is 12. The fourth-order valence-corrected chi connectivity index (χ4v) is 15.4. The molecule has 2 aromatic rings. The Labute approximate surface area is 551 Å². The highest BCUT2D eigenvalue weighted by Crippen LogP contribution is 2.42. The Bertz CT molecular complexity index is 2710. The molecule has 1 saturated carbocycles. The maximum Gasteiger partial charge on any atom is 0.417 e. The lowest BCUT2D eigenvalue weighted by molar-refractivity contribution is -0.162. The number of allylic oxidation sites excluding steroid dienone is 3. The van der Waals surface area contributed by atoms with Crippen LogP contribution < -0.4 is 31.9 Å². The van der Waals surface area contributed by atoms with Crippen LogP contribution in [0, 0.1) is 29.5 Å². The average Bonchev–Trinajstić information content (AvgIpc) is 1.03. The van der Waals surface area contributed by atoms with Crippen LogP contribution in [-0.4, -0.2) is 162 Å². The lowest BCUT2D eigenvalue weighted by atomic mass is 9.74. The van der Waals surface area contributed by atoms with E-state index in [9.17, 15) is 22.4 Å². The number of fused-ring (bicyclic) bond motifs is 2. The molecule has 4 heterocycles. The number of likely N-dealkylation sites (tertiary alicyclic amines) is 1. The summed E-state index contributed by atoms with van der Waals surface area (Å²) in [6, 6.07) is 12.2. The Morgan fingerprint density at radius 2 is 1.49 bits per heavy atom. The van der Waals surface area contributed by atoms with E-state index >= 15 is 0 Å². The molecule has 1 aliphatic carbocycles. The maximum absolute atomic E-state index is 14.9. The summed E-state index contributed by atoms with van der Waals surface area (Å²) in [5, 5.41) is 23.8. The van der Waals surface area contributed by atoms with Gasteiger partial charge in [-0.15, -0.1) is 0 Å². The molecule has 18 heteroatoms. The molecule has 0 bridgehead atoms. The first kappa shape index (κ1) is 73.9. The fourth-order valence-electron chi connectivity index (χ4n) is 15.1. The van der Waals surface area contributed by atoms with Crippen molar-refractivity contribution in [2.75, 3.05) is 66.5 Å². The van der Waals surface area contributed by atoms with Crippen LogP contribution in [0.5, 0.6) is 0 Å². The Balaban J connectivity index is 1.21. The smallest absolute Gasteiger partial charge is 0.390 e. The molecule has 7 rings (SSSR count). The number of rotatable bonds is 12. The van der Waals surface area contributed by atoms with E-state index in [-0.39, 0.29) is 76.7 Å². The van der Waals surface area contributed by atoms with E-state index in [1.165, 1.54) is 49.2 Å². The molecule has 5 unspecified atom stereocenters. The predicted molar refractivity (Wildman–Crippen MR) is 369 cm³/mol. The highest BCUT2D eigenvalue weighted by Gasteiger charge is 2.55. The van der Waals surface area contributed by atoms with Crippen LogP contribution in [0.25, 0.3) is 0 Å². The first-order chi connectivity index (χ1) is 43.4. The minimum Gasteiger partial charge on any atom is -0.390 e. The number of aliphatic imine (C=N–C) groups is 1. The summed E-state index contributed by atoms with van der Waals surface area (Å²) in [5.74, 6) is 1.32. The number of carbonyl (C=O) groups is 1. The lowest BCUT2D eigenvalue weighted by Crippen LogP contribution is -2.76. The maximum atomic E-state index is 14.9. The highest BCUT2D eigenvalue weighted by molar-refractivity contribution is 6.31. The molecule has 91 heavy (non-hydrogen) atoms. The van der Waals surface area contributed by atoms with E-state index in [1.54, 1.807) is 6.20 Å². The molecule has 4 fully saturated rings. The molecule has 13 nitrogen and oxygen atoms in total. The summed E-state index contributed by atoms with van der Waals surface area (Å²) in [5.41, 5.74) is 3.77. The molecule has 12 atom stereocenters. The van der Waals surface area contributed by atoms with Gasteiger partial charge in [-0.1, -0.05) is 97.0 Å². The number of likely N-dealkylation sites (N-methyl/N-ethyl adjacent to an activating group) is 1. The van der Waals surface area contributed by atoms with Crippen molar-refractivity contribution in [3.63, 3.8) is 0 Å². The second-order valence-electron chi connectivity index (χ2n) is 28.3. The van der Waals surface area contributed by atoms with Crippen molar-refractivity contribution in [3.05, 3.63) is 118 Å². The molecular weight excluding hydrogens is 1170 g/mol. The van der Waals surface area contributed by atoms with Gasteiger partial charge in [0.1, 0.15) is 5.82 Å². The zero-order valence-corrected chi connectivity index (χ0v) is 58.5. The van der Waals surface area contributed by atoms with E-state index in [4.69, 9.17) is 16.6 Å². The van der Waals surface area contributed by atoms with E-state index in [0.717, 1.165) is 127 Å². The van der Waals surface area contributed by atoms with Crippen LogP contribution in [0.1, 0.15) is 176 Å². The molecule has 0 radical (unpaired) electrons. The normalized spacial score (nSPS) is 28.7. The van der Waals surface area contributed by atoms with Crippen molar-refractivity contribution in [1.82, 2.24) is 56.4 Å². The van der Waals surface area contributed by atoms with Gasteiger partial charge in [-0.05, 0) is 164 Å². The molecular formula is C73H117ClF4N12O.